The fraction of sp³-hybridized carbons (Fsp3) is 0.318. The third-order valence-corrected chi connectivity index (χ3v) is 9.79. The van der Waals surface area contributed by atoms with Crippen LogP contribution in [0.2, 0.25) is 0 Å². The highest BCUT2D eigenvalue weighted by Crippen LogP contribution is 2.66. The molecule has 0 bridgehead atoms. The summed E-state index contributed by atoms with van der Waals surface area (Å²) in [5.74, 6) is -0.351. The van der Waals surface area contributed by atoms with E-state index in [0.29, 0.717) is 35.2 Å². The molecule has 1 saturated heterocycles. The van der Waals surface area contributed by atoms with E-state index >= 15 is 0 Å². The maximum Gasteiger partial charge on any atom is 0.490 e. The molecule has 0 aromatic carbocycles. The number of carbonyl (C=O) groups is 1. The van der Waals surface area contributed by atoms with Gasteiger partial charge in [0.2, 0.25) is 5.91 Å². The highest BCUT2D eigenvalue weighted by atomic mass is 31.3. The minimum atomic E-state index is -5.70. The van der Waals surface area contributed by atoms with Gasteiger partial charge in [-0.2, -0.15) is 8.62 Å². The van der Waals surface area contributed by atoms with Crippen molar-refractivity contribution in [3.05, 3.63) is 60.2 Å². The van der Waals surface area contributed by atoms with E-state index < -0.39 is 48.5 Å². The Balaban J connectivity index is 1.42. The van der Waals surface area contributed by atoms with Crippen molar-refractivity contribution in [1.29, 1.82) is 0 Å². The van der Waals surface area contributed by atoms with Crippen LogP contribution in [0.5, 0.6) is 0 Å². The minimum absolute atomic E-state index is 0.0523. The third kappa shape index (κ3) is 9.33. The van der Waals surface area contributed by atoms with Crippen LogP contribution in [0.3, 0.4) is 0 Å². The summed E-state index contributed by atoms with van der Waals surface area (Å²) >= 11 is 0. The molecule has 0 saturated carbocycles. The summed E-state index contributed by atoms with van der Waals surface area (Å²) in [5, 5.41) is 13.8. The molecule has 1 amide bonds. The number of hydrogen-bond donors (Lipinski definition) is 7. The summed E-state index contributed by atoms with van der Waals surface area (Å²) in [6.07, 6.45) is 6.39. The molecule has 1 fully saturated rings. The van der Waals surface area contributed by atoms with Gasteiger partial charge in [-0.1, -0.05) is 0 Å². The van der Waals surface area contributed by atoms with Gasteiger partial charge in [0.25, 0.3) is 0 Å². The van der Waals surface area contributed by atoms with E-state index in [0.717, 1.165) is 5.56 Å². The number of anilines is 1. The van der Waals surface area contributed by atoms with Gasteiger partial charge >= 0.3 is 23.5 Å². The quantitative estimate of drug-likeness (QED) is 0.100. The highest BCUT2D eigenvalue weighted by Gasteiger charge is 2.43. The second-order valence-corrected chi connectivity index (χ2v) is 13.6. The Morgan fingerprint density at radius 2 is 1.84 bits per heavy atom. The lowest BCUT2D eigenvalue weighted by atomic mass is 10.2. The molecule has 1 aliphatic rings. The maximum absolute atomic E-state index is 12.4. The van der Waals surface area contributed by atoms with Crippen LogP contribution in [0.25, 0.3) is 17.1 Å². The number of aliphatic hydroxyl groups excluding tert-OH is 1. The van der Waals surface area contributed by atoms with Gasteiger partial charge in [-0.05, 0) is 36.3 Å². The van der Waals surface area contributed by atoms with Crippen molar-refractivity contribution in [3.63, 3.8) is 0 Å². The van der Waals surface area contributed by atoms with Crippen molar-refractivity contribution >= 4 is 52.2 Å². The smallest absolute Gasteiger partial charge is 0.398 e. The highest BCUT2D eigenvalue weighted by molar-refractivity contribution is 7.66. The number of ether oxygens (including phenoxy) is 1. The molecule has 3 unspecified atom stereocenters. The zero-order valence-electron chi connectivity index (χ0n) is 22.0. The third-order valence-electron chi connectivity index (χ3n) is 5.98. The lowest BCUT2D eigenvalue weighted by Gasteiger charge is -2.19. The number of phosphoric ester groups is 1. The molecule has 5 atom stereocenters. The molecule has 4 heterocycles. The Morgan fingerprint density at radius 1 is 1.12 bits per heavy atom. The second-order valence-electron chi connectivity index (χ2n) is 9.14. The van der Waals surface area contributed by atoms with Gasteiger partial charge < -0.3 is 45.0 Å². The number of nitrogens with zero attached hydrogens (tertiary/aromatic N) is 3. The fourth-order valence-electron chi connectivity index (χ4n) is 4.19. The lowest BCUT2D eigenvalue weighted by molar-refractivity contribution is -0.116. The molecule has 4 rings (SSSR count). The van der Waals surface area contributed by atoms with Crippen molar-refractivity contribution < 1.29 is 61.1 Å². The van der Waals surface area contributed by atoms with Crippen molar-refractivity contribution in [2.45, 2.75) is 31.3 Å². The molecule has 8 N–H and O–H groups in total. The van der Waals surface area contributed by atoms with Gasteiger partial charge in [0, 0.05) is 60.5 Å². The molecule has 3 aromatic rings. The first kappa shape index (κ1) is 33.1. The van der Waals surface area contributed by atoms with E-state index in [2.05, 4.69) is 28.4 Å². The zero-order valence-corrected chi connectivity index (χ0v) is 24.7. The number of amides is 1. The van der Waals surface area contributed by atoms with Crippen molar-refractivity contribution in [3.8, 4) is 0 Å². The number of nitrogens with one attached hydrogen (secondary N) is 1. The first-order valence-corrected chi connectivity index (χ1v) is 16.9. The number of aliphatic hydroxyl groups is 1. The summed E-state index contributed by atoms with van der Waals surface area (Å²) in [5.41, 5.74) is 8.41. The predicted octanol–water partition coefficient (Wildman–Crippen LogP) is 1.38. The Labute approximate surface area is 243 Å². The average molecular weight is 663 g/mol. The molecule has 0 aliphatic carbocycles. The second kappa shape index (κ2) is 13.4. The van der Waals surface area contributed by atoms with Crippen molar-refractivity contribution in [2.24, 2.45) is 0 Å². The SMILES string of the molecule is Nc1ccnc2c1c(/C=C/C(=O)NCCc1ccncc1)cn2[C@H]1CC(O)[C@@H](COP(=O)(O)OP(=O)(O)OP(=O)(O)O)O1. The first-order valence-electron chi connectivity index (χ1n) is 12.3. The van der Waals surface area contributed by atoms with Gasteiger partial charge in [0.1, 0.15) is 18.0 Å². The van der Waals surface area contributed by atoms with Crippen LogP contribution in [0.4, 0.5) is 5.69 Å². The predicted molar refractivity (Wildman–Crippen MR) is 148 cm³/mol. The van der Waals surface area contributed by atoms with Crippen LogP contribution in [-0.2, 0) is 42.8 Å². The van der Waals surface area contributed by atoms with Gasteiger partial charge in [0.05, 0.1) is 12.7 Å². The van der Waals surface area contributed by atoms with E-state index in [9.17, 15) is 33.4 Å². The van der Waals surface area contributed by atoms with Crippen LogP contribution in [0, 0.1) is 0 Å². The molecular formula is C22H28N5O13P3. The number of fused-ring (bicyclic) bond motifs is 1. The van der Waals surface area contributed by atoms with Crippen molar-refractivity contribution in [2.75, 3.05) is 18.9 Å². The summed E-state index contributed by atoms with van der Waals surface area (Å²) in [4.78, 5) is 56.9. The summed E-state index contributed by atoms with van der Waals surface area (Å²) in [7, 11) is -16.7. The Bertz CT molecular complexity index is 1630. The zero-order chi connectivity index (χ0) is 31.4. The summed E-state index contributed by atoms with van der Waals surface area (Å²) in [6, 6.07) is 5.26. The Kier molecular flexibility index (Phi) is 10.3. The molecule has 1 aliphatic heterocycles. The first-order chi connectivity index (χ1) is 20.1. The molecule has 0 spiro atoms. The standard InChI is InChI=1S/C22H28N5O13P3/c23-16-6-10-26-22-21(16)15(1-2-19(29)25-9-5-14-3-7-24-8-4-14)12-27(22)20-11-17(28)18(38-20)13-37-42(33,34)40-43(35,36)39-41(30,31)32/h1-4,6-8,10,12,17-18,20,28H,5,9,11,13H2,(H2,23,26)(H,25,29)(H,33,34)(H,35,36)(H2,30,31,32)/b2-1+/t17?,18-,20-/m1/s1. The van der Waals surface area contributed by atoms with Gasteiger partial charge in [-0.25, -0.2) is 18.7 Å². The number of aromatic nitrogens is 3. The number of nitrogen functional groups attached to an aromatic ring is 1. The molecule has 3 aromatic heterocycles. The molecular weight excluding hydrogens is 635 g/mol. The van der Waals surface area contributed by atoms with E-state index in [1.165, 1.54) is 18.3 Å². The normalized spacial score (nSPS) is 22.0. The number of pyridine rings is 2. The van der Waals surface area contributed by atoms with E-state index in [4.69, 9.17) is 20.3 Å². The van der Waals surface area contributed by atoms with Gasteiger partial charge in [-0.3, -0.25) is 14.3 Å². The van der Waals surface area contributed by atoms with Crippen LogP contribution in [0.1, 0.15) is 23.8 Å². The number of phosphoric acid groups is 3. The summed E-state index contributed by atoms with van der Waals surface area (Å²) < 4.78 is 53.6. The van der Waals surface area contributed by atoms with Crippen LogP contribution < -0.4 is 11.1 Å². The Morgan fingerprint density at radius 3 is 2.53 bits per heavy atom. The molecule has 234 valence electrons. The Hall–Kier alpha value is -2.82. The fourth-order valence-corrected chi connectivity index (χ4v) is 7.22. The van der Waals surface area contributed by atoms with E-state index in [-0.39, 0.29) is 12.3 Å². The van der Waals surface area contributed by atoms with Gasteiger partial charge in [0.15, 0.2) is 0 Å². The molecule has 21 heteroatoms. The van der Waals surface area contributed by atoms with Gasteiger partial charge in [-0.15, -0.1) is 0 Å². The van der Waals surface area contributed by atoms with Crippen LogP contribution in [-0.4, -0.2) is 70.5 Å². The number of nitrogens with two attached hydrogens (primary N) is 1. The number of hydrogen-bond acceptors (Lipinski definition) is 12. The maximum atomic E-state index is 12.4. The largest absolute Gasteiger partial charge is 0.490 e. The van der Waals surface area contributed by atoms with E-state index in [1.54, 1.807) is 29.2 Å². The van der Waals surface area contributed by atoms with Crippen molar-refractivity contribution in [1.82, 2.24) is 19.9 Å². The molecule has 43 heavy (non-hydrogen) atoms. The van der Waals surface area contributed by atoms with Crippen LogP contribution >= 0.6 is 23.5 Å². The van der Waals surface area contributed by atoms with Crippen LogP contribution in [0.15, 0.2) is 49.1 Å². The minimum Gasteiger partial charge on any atom is -0.398 e. The number of rotatable bonds is 13. The number of carbonyl (C=O) groups excluding carboxylic acids is 1. The topological polar surface area (TPSA) is 275 Å². The van der Waals surface area contributed by atoms with E-state index in [1.807, 2.05) is 12.1 Å². The molecule has 0 radical (unpaired) electrons. The summed E-state index contributed by atoms with van der Waals surface area (Å²) in [6.45, 7) is -0.434. The lowest BCUT2D eigenvalue weighted by Crippen LogP contribution is -2.26. The monoisotopic (exact) mass is 663 g/mol. The average Bonchev–Trinajstić information content (AvgIpc) is 3.45. The molecule has 18 nitrogen and oxygen atoms in total.